The number of benzene rings is 1. The third kappa shape index (κ3) is 5.03. The van der Waals surface area contributed by atoms with Crippen LogP contribution in [0.15, 0.2) is 54.9 Å². The fourth-order valence-corrected chi connectivity index (χ4v) is 4.29. The first kappa shape index (κ1) is 22.6. The molecule has 0 atom stereocenters. The van der Waals surface area contributed by atoms with Gasteiger partial charge in [0.25, 0.3) is 0 Å². The predicted octanol–water partition coefficient (Wildman–Crippen LogP) is 1.98. The van der Waals surface area contributed by atoms with Crippen LogP contribution in [-0.4, -0.2) is 87.7 Å². The molecule has 2 aliphatic rings. The number of likely N-dealkylation sites (tertiary alicyclic amines) is 1. The van der Waals surface area contributed by atoms with Crippen LogP contribution in [0.2, 0.25) is 0 Å². The summed E-state index contributed by atoms with van der Waals surface area (Å²) in [5, 5.41) is 12.4. The Balaban J connectivity index is 1.09. The van der Waals surface area contributed by atoms with Crippen molar-refractivity contribution in [2.75, 3.05) is 44.7 Å². The molecule has 2 fully saturated rings. The molecule has 3 amide bonds. The maximum atomic E-state index is 12.9. The number of rotatable bonds is 7. The Morgan fingerprint density at radius 2 is 1.83 bits per heavy atom. The molecule has 0 N–H and O–H groups in total. The van der Waals surface area contributed by atoms with Crippen LogP contribution in [0.4, 0.5) is 10.5 Å². The average Bonchev–Trinajstić information content (AvgIpc) is 3.56. The van der Waals surface area contributed by atoms with E-state index >= 15 is 0 Å². The number of anilines is 1. The van der Waals surface area contributed by atoms with Gasteiger partial charge in [-0.05, 0) is 36.4 Å². The maximum Gasteiger partial charge on any atom is 0.325 e. The quantitative estimate of drug-likeness (QED) is 0.512. The van der Waals surface area contributed by atoms with E-state index < -0.39 is 0 Å². The first-order valence-corrected chi connectivity index (χ1v) is 11.6. The van der Waals surface area contributed by atoms with Crippen LogP contribution in [0.3, 0.4) is 0 Å². The van der Waals surface area contributed by atoms with Crippen molar-refractivity contribution in [1.82, 2.24) is 29.8 Å². The first-order chi connectivity index (χ1) is 17.1. The second kappa shape index (κ2) is 10.00. The zero-order valence-corrected chi connectivity index (χ0v) is 19.5. The van der Waals surface area contributed by atoms with Crippen molar-refractivity contribution in [3.8, 4) is 17.4 Å². The van der Waals surface area contributed by atoms with Gasteiger partial charge in [0.2, 0.25) is 11.8 Å². The third-order valence-electron chi connectivity index (χ3n) is 6.25. The highest BCUT2D eigenvalue weighted by atomic mass is 16.5. The molecule has 11 nitrogen and oxygen atoms in total. The second-order valence-electron chi connectivity index (χ2n) is 8.43. The number of piperidine rings is 1. The van der Waals surface area contributed by atoms with Crippen LogP contribution in [0.1, 0.15) is 12.8 Å². The van der Waals surface area contributed by atoms with Crippen molar-refractivity contribution in [2.45, 2.75) is 18.9 Å². The lowest BCUT2D eigenvalue weighted by Gasteiger charge is -2.32. The lowest BCUT2D eigenvalue weighted by atomic mass is 10.1. The van der Waals surface area contributed by atoms with Crippen LogP contribution < -0.4 is 14.4 Å². The first-order valence-electron chi connectivity index (χ1n) is 11.6. The number of methoxy groups -OCH3 is 1. The Labute approximate surface area is 202 Å². The van der Waals surface area contributed by atoms with Crippen molar-refractivity contribution in [3.05, 3.63) is 54.9 Å². The smallest absolute Gasteiger partial charge is 0.325 e. The van der Waals surface area contributed by atoms with Gasteiger partial charge in [0.1, 0.15) is 18.4 Å². The van der Waals surface area contributed by atoms with Gasteiger partial charge < -0.3 is 19.3 Å². The molecule has 0 aliphatic carbocycles. The van der Waals surface area contributed by atoms with Gasteiger partial charge in [0.05, 0.1) is 7.11 Å². The lowest BCUT2D eigenvalue weighted by Crippen LogP contribution is -2.47. The molecule has 2 saturated heterocycles. The van der Waals surface area contributed by atoms with Gasteiger partial charge in [-0.15, -0.1) is 10.2 Å². The number of urea groups is 1. The van der Waals surface area contributed by atoms with Gasteiger partial charge in [0, 0.05) is 63.2 Å². The summed E-state index contributed by atoms with van der Waals surface area (Å²) in [4.78, 5) is 30.8. The topological polar surface area (TPSA) is 106 Å². The third-order valence-corrected chi connectivity index (χ3v) is 6.25. The summed E-state index contributed by atoms with van der Waals surface area (Å²) in [5.74, 6) is 1.76. The van der Waals surface area contributed by atoms with Gasteiger partial charge in [-0.1, -0.05) is 0 Å². The molecular weight excluding hydrogens is 450 g/mol. The summed E-state index contributed by atoms with van der Waals surface area (Å²) >= 11 is 0. The van der Waals surface area contributed by atoms with E-state index in [0.29, 0.717) is 50.7 Å². The number of hydrogen-bond donors (Lipinski definition) is 0. The van der Waals surface area contributed by atoms with Crippen molar-refractivity contribution in [2.24, 2.45) is 0 Å². The molecule has 182 valence electrons. The summed E-state index contributed by atoms with van der Waals surface area (Å²) < 4.78 is 12.8. The molecule has 0 unspecified atom stereocenters. The number of ether oxygens (including phenoxy) is 2. The molecule has 2 aliphatic heterocycles. The van der Waals surface area contributed by atoms with Gasteiger partial charge in [-0.2, -0.15) is 5.10 Å². The van der Waals surface area contributed by atoms with E-state index in [1.54, 1.807) is 51.0 Å². The number of nitrogens with zero attached hydrogens (tertiary/aromatic N) is 7. The highest BCUT2D eigenvalue weighted by Crippen LogP contribution is 2.24. The summed E-state index contributed by atoms with van der Waals surface area (Å²) in [6, 6.07) is 12.6. The van der Waals surface area contributed by atoms with E-state index in [9.17, 15) is 9.59 Å². The fourth-order valence-electron chi connectivity index (χ4n) is 4.29. The SMILES string of the molecule is COc1ccc(N2CCN(CC(=O)N3CCC(Oc4ccc(-n5cccn5)nn4)CC3)C2=O)cc1. The van der Waals surface area contributed by atoms with E-state index in [1.165, 1.54) is 0 Å². The van der Waals surface area contributed by atoms with Crippen LogP contribution in [0, 0.1) is 0 Å². The number of amides is 3. The van der Waals surface area contributed by atoms with E-state index in [-0.39, 0.29) is 24.6 Å². The van der Waals surface area contributed by atoms with E-state index in [2.05, 4.69) is 15.3 Å². The van der Waals surface area contributed by atoms with E-state index in [0.717, 1.165) is 11.4 Å². The van der Waals surface area contributed by atoms with E-state index in [1.807, 2.05) is 30.3 Å². The van der Waals surface area contributed by atoms with Crippen molar-refractivity contribution in [1.29, 1.82) is 0 Å². The number of aromatic nitrogens is 4. The van der Waals surface area contributed by atoms with Crippen molar-refractivity contribution >= 4 is 17.6 Å². The second-order valence-corrected chi connectivity index (χ2v) is 8.43. The molecule has 4 heterocycles. The van der Waals surface area contributed by atoms with Crippen LogP contribution in [-0.2, 0) is 4.79 Å². The molecule has 0 radical (unpaired) electrons. The summed E-state index contributed by atoms with van der Waals surface area (Å²) in [6.45, 7) is 2.30. The van der Waals surface area contributed by atoms with Gasteiger partial charge in [0.15, 0.2) is 5.82 Å². The number of carbonyl (C=O) groups is 2. The molecule has 0 spiro atoms. The number of hydrogen-bond acceptors (Lipinski definition) is 7. The van der Waals surface area contributed by atoms with Crippen molar-refractivity contribution in [3.63, 3.8) is 0 Å². The standard InChI is InChI=1S/C24H27N7O4/c1-34-19-5-3-18(4-6-19)30-16-15-29(24(30)33)17-23(32)28-13-9-20(10-14-28)35-22-8-7-21(26-27-22)31-12-2-11-25-31/h2-8,11-12,20H,9-10,13-17H2,1H3. The molecule has 0 saturated carbocycles. The molecule has 5 rings (SSSR count). The lowest BCUT2D eigenvalue weighted by molar-refractivity contribution is -0.133. The predicted molar refractivity (Wildman–Crippen MR) is 127 cm³/mol. The zero-order chi connectivity index (χ0) is 24.2. The number of carbonyl (C=O) groups excluding carboxylic acids is 2. The molecule has 0 bridgehead atoms. The average molecular weight is 478 g/mol. The molecular formula is C24H27N7O4. The summed E-state index contributed by atoms with van der Waals surface area (Å²) in [7, 11) is 1.60. The molecule has 1 aromatic carbocycles. The Kier molecular flexibility index (Phi) is 6.47. The van der Waals surface area contributed by atoms with E-state index in [4.69, 9.17) is 9.47 Å². The molecule has 11 heteroatoms. The van der Waals surface area contributed by atoms with Gasteiger partial charge in [-0.3, -0.25) is 9.69 Å². The highest BCUT2D eigenvalue weighted by Gasteiger charge is 2.33. The van der Waals surface area contributed by atoms with Crippen molar-refractivity contribution < 1.29 is 19.1 Å². The largest absolute Gasteiger partial charge is 0.497 e. The molecule has 3 aromatic rings. The Morgan fingerprint density at radius 1 is 1.03 bits per heavy atom. The fraction of sp³-hybridized carbons (Fsp3) is 0.375. The molecule has 35 heavy (non-hydrogen) atoms. The monoisotopic (exact) mass is 477 g/mol. The highest BCUT2D eigenvalue weighted by molar-refractivity contribution is 5.96. The van der Waals surface area contributed by atoms with Crippen LogP contribution in [0.5, 0.6) is 11.6 Å². The minimum absolute atomic E-state index is 0.0390. The normalized spacial score (nSPS) is 16.6. The minimum atomic E-state index is -0.154. The molecule has 2 aromatic heterocycles. The minimum Gasteiger partial charge on any atom is -0.497 e. The van der Waals surface area contributed by atoms with Gasteiger partial charge >= 0.3 is 6.03 Å². The Morgan fingerprint density at radius 3 is 2.49 bits per heavy atom. The zero-order valence-electron chi connectivity index (χ0n) is 19.5. The van der Waals surface area contributed by atoms with Crippen LogP contribution >= 0.6 is 0 Å². The Bertz CT molecular complexity index is 1140. The van der Waals surface area contributed by atoms with Crippen LogP contribution in [0.25, 0.3) is 5.82 Å². The summed E-state index contributed by atoms with van der Waals surface area (Å²) in [6.07, 6.45) is 4.82. The van der Waals surface area contributed by atoms with Gasteiger partial charge in [-0.25, -0.2) is 9.48 Å². The maximum absolute atomic E-state index is 12.9. The Hall–Kier alpha value is -4.15. The summed E-state index contributed by atoms with van der Waals surface area (Å²) in [5.41, 5.74) is 0.796.